The Morgan fingerprint density at radius 1 is 1.30 bits per heavy atom. The summed E-state index contributed by atoms with van der Waals surface area (Å²) in [6.45, 7) is 2.41. The second-order valence-corrected chi connectivity index (χ2v) is 4.12. The lowest BCUT2D eigenvalue weighted by Crippen LogP contribution is -2.14. The molecule has 2 aromatic rings. The molecule has 3 N–H and O–H groups in total. The summed E-state index contributed by atoms with van der Waals surface area (Å²) < 4.78 is 18.7. The molecule has 0 aliphatic rings. The Hall–Kier alpha value is -2.56. The first-order chi connectivity index (χ1) is 9.61. The van der Waals surface area contributed by atoms with Crippen molar-refractivity contribution < 1.29 is 13.9 Å². The summed E-state index contributed by atoms with van der Waals surface area (Å²) in [5.74, 6) is -0.422. The van der Waals surface area contributed by atoms with Gasteiger partial charge in [0, 0.05) is 11.8 Å². The third-order valence-electron chi connectivity index (χ3n) is 2.70. The van der Waals surface area contributed by atoms with Crippen LogP contribution in [0.15, 0.2) is 42.5 Å². The van der Waals surface area contributed by atoms with Crippen molar-refractivity contribution >= 4 is 17.3 Å². The third-order valence-corrected chi connectivity index (χ3v) is 2.70. The zero-order valence-electron chi connectivity index (χ0n) is 11.0. The van der Waals surface area contributed by atoms with Gasteiger partial charge in [0.25, 0.3) is 5.91 Å². The molecule has 104 valence electrons. The Morgan fingerprint density at radius 2 is 2.05 bits per heavy atom. The summed E-state index contributed by atoms with van der Waals surface area (Å²) in [4.78, 5) is 12.1. The van der Waals surface area contributed by atoms with E-state index in [1.165, 1.54) is 18.2 Å². The summed E-state index contributed by atoms with van der Waals surface area (Å²) in [5, 5.41) is 2.66. The van der Waals surface area contributed by atoms with Crippen molar-refractivity contribution in [2.24, 2.45) is 0 Å². The van der Waals surface area contributed by atoms with E-state index in [2.05, 4.69) is 5.32 Å². The average Bonchev–Trinajstić information content (AvgIpc) is 2.42. The van der Waals surface area contributed by atoms with Crippen molar-refractivity contribution in [2.45, 2.75) is 6.92 Å². The molecule has 0 atom stereocenters. The predicted octanol–water partition coefficient (Wildman–Crippen LogP) is 3.06. The molecule has 0 aromatic heterocycles. The molecule has 1 amide bonds. The van der Waals surface area contributed by atoms with E-state index in [-0.39, 0.29) is 11.3 Å². The van der Waals surface area contributed by atoms with E-state index in [0.29, 0.717) is 18.0 Å². The number of nitrogen functional groups attached to an aromatic ring is 1. The number of carbonyl (C=O) groups excluding carboxylic acids is 1. The van der Waals surface area contributed by atoms with E-state index in [0.717, 1.165) is 0 Å². The van der Waals surface area contributed by atoms with Gasteiger partial charge < -0.3 is 15.8 Å². The standard InChI is InChI=1S/C15H15FN2O2/c1-2-20-11-6-3-5-10(9-11)18-15(19)12-7-4-8-13(16)14(12)17/h3-9H,2,17H2,1H3,(H,18,19). The predicted molar refractivity (Wildman–Crippen MR) is 76.4 cm³/mol. The number of anilines is 2. The molecule has 2 rings (SSSR count). The maximum absolute atomic E-state index is 13.3. The number of benzene rings is 2. The second-order valence-electron chi connectivity index (χ2n) is 4.12. The largest absolute Gasteiger partial charge is 0.494 e. The van der Waals surface area contributed by atoms with Gasteiger partial charge in [-0.25, -0.2) is 4.39 Å². The van der Waals surface area contributed by atoms with Gasteiger partial charge in [-0.05, 0) is 31.2 Å². The molecule has 0 fully saturated rings. The first-order valence-corrected chi connectivity index (χ1v) is 6.20. The first kappa shape index (κ1) is 13.9. The monoisotopic (exact) mass is 274 g/mol. The first-order valence-electron chi connectivity index (χ1n) is 6.20. The fourth-order valence-electron chi connectivity index (χ4n) is 1.76. The highest BCUT2D eigenvalue weighted by molar-refractivity contribution is 6.07. The molecule has 0 saturated heterocycles. The van der Waals surface area contributed by atoms with Crippen molar-refractivity contribution in [1.82, 2.24) is 0 Å². The summed E-state index contributed by atoms with van der Waals surface area (Å²) in [6, 6.07) is 11.1. The molecular formula is C15H15FN2O2. The lowest BCUT2D eigenvalue weighted by atomic mass is 10.1. The Bertz CT molecular complexity index is 629. The number of para-hydroxylation sites is 1. The summed E-state index contributed by atoms with van der Waals surface area (Å²) in [5.41, 5.74) is 6.06. The maximum Gasteiger partial charge on any atom is 0.257 e. The Labute approximate surface area is 116 Å². The number of hydrogen-bond acceptors (Lipinski definition) is 3. The highest BCUT2D eigenvalue weighted by atomic mass is 19.1. The molecule has 0 aliphatic carbocycles. The Kier molecular flexibility index (Phi) is 4.20. The highest BCUT2D eigenvalue weighted by Crippen LogP contribution is 2.20. The number of amides is 1. The number of carbonyl (C=O) groups is 1. The fraction of sp³-hybridized carbons (Fsp3) is 0.133. The highest BCUT2D eigenvalue weighted by Gasteiger charge is 2.12. The molecule has 0 radical (unpaired) electrons. The smallest absolute Gasteiger partial charge is 0.257 e. The second kappa shape index (κ2) is 6.06. The van der Waals surface area contributed by atoms with Crippen LogP contribution in [0.1, 0.15) is 17.3 Å². The number of hydrogen-bond donors (Lipinski definition) is 2. The van der Waals surface area contributed by atoms with E-state index < -0.39 is 11.7 Å². The topological polar surface area (TPSA) is 64.3 Å². The van der Waals surface area contributed by atoms with Crippen LogP contribution in [0.4, 0.5) is 15.8 Å². The quantitative estimate of drug-likeness (QED) is 0.842. The van der Waals surface area contributed by atoms with Gasteiger partial charge in [-0.15, -0.1) is 0 Å². The maximum atomic E-state index is 13.3. The van der Waals surface area contributed by atoms with E-state index in [1.54, 1.807) is 24.3 Å². The van der Waals surface area contributed by atoms with E-state index in [1.807, 2.05) is 6.92 Å². The number of ether oxygens (including phenoxy) is 1. The Balaban J connectivity index is 2.19. The van der Waals surface area contributed by atoms with Crippen molar-refractivity contribution in [2.75, 3.05) is 17.7 Å². The Morgan fingerprint density at radius 3 is 2.80 bits per heavy atom. The van der Waals surface area contributed by atoms with Crippen LogP contribution in [0.3, 0.4) is 0 Å². The van der Waals surface area contributed by atoms with Crippen LogP contribution < -0.4 is 15.8 Å². The van der Waals surface area contributed by atoms with Gasteiger partial charge in [0.05, 0.1) is 17.9 Å². The van der Waals surface area contributed by atoms with Crippen LogP contribution in [-0.4, -0.2) is 12.5 Å². The van der Waals surface area contributed by atoms with Crippen LogP contribution in [0, 0.1) is 5.82 Å². The summed E-state index contributed by atoms with van der Waals surface area (Å²) in [7, 11) is 0. The zero-order valence-corrected chi connectivity index (χ0v) is 11.0. The number of halogens is 1. The lowest BCUT2D eigenvalue weighted by Gasteiger charge is -2.09. The molecule has 20 heavy (non-hydrogen) atoms. The minimum atomic E-state index is -0.610. The van der Waals surface area contributed by atoms with Gasteiger partial charge in [-0.3, -0.25) is 4.79 Å². The normalized spacial score (nSPS) is 10.1. The lowest BCUT2D eigenvalue weighted by molar-refractivity contribution is 0.102. The van der Waals surface area contributed by atoms with Crippen molar-refractivity contribution in [3.05, 3.63) is 53.8 Å². The molecule has 2 aromatic carbocycles. The van der Waals surface area contributed by atoms with Gasteiger partial charge in [-0.2, -0.15) is 0 Å². The van der Waals surface area contributed by atoms with Crippen LogP contribution in [0.2, 0.25) is 0 Å². The van der Waals surface area contributed by atoms with Gasteiger partial charge >= 0.3 is 0 Å². The molecule has 5 heteroatoms. The van der Waals surface area contributed by atoms with Crippen molar-refractivity contribution in [3.63, 3.8) is 0 Å². The number of rotatable bonds is 4. The van der Waals surface area contributed by atoms with Crippen LogP contribution >= 0.6 is 0 Å². The van der Waals surface area contributed by atoms with E-state index in [4.69, 9.17) is 10.5 Å². The minimum Gasteiger partial charge on any atom is -0.494 e. The zero-order chi connectivity index (χ0) is 14.5. The SMILES string of the molecule is CCOc1cccc(NC(=O)c2cccc(F)c2N)c1. The molecule has 0 aliphatic heterocycles. The third kappa shape index (κ3) is 3.06. The van der Waals surface area contributed by atoms with Crippen molar-refractivity contribution in [1.29, 1.82) is 0 Å². The molecule has 4 nitrogen and oxygen atoms in total. The van der Waals surface area contributed by atoms with E-state index in [9.17, 15) is 9.18 Å². The molecule has 0 heterocycles. The van der Waals surface area contributed by atoms with Gasteiger partial charge in [-0.1, -0.05) is 12.1 Å². The molecular weight excluding hydrogens is 259 g/mol. The van der Waals surface area contributed by atoms with Crippen LogP contribution in [-0.2, 0) is 0 Å². The van der Waals surface area contributed by atoms with Crippen molar-refractivity contribution in [3.8, 4) is 5.75 Å². The number of nitrogens with two attached hydrogens (primary N) is 1. The minimum absolute atomic E-state index is 0.104. The molecule has 0 saturated carbocycles. The molecule has 0 spiro atoms. The fourth-order valence-corrected chi connectivity index (χ4v) is 1.76. The summed E-state index contributed by atoms with van der Waals surface area (Å²) in [6.07, 6.45) is 0. The molecule has 0 bridgehead atoms. The van der Waals surface area contributed by atoms with Crippen LogP contribution in [0.25, 0.3) is 0 Å². The molecule has 0 unspecified atom stereocenters. The van der Waals surface area contributed by atoms with Gasteiger partial charge in [0.15, 0.2) is 0 Å². The van der Waals surface area contributed by atoms with Crippen LogP contribution in [0.5, 0.6) is 5.75 Å². The van der Waals surface area contributed by atoms with E-state index >= 15 is 0 Å². The summed E-state index contributed by atoms with van der Waals surface area (Å²) >= 11 is 0. The van der Waals surface area contributed by atoms with Gasteiger partial charge in [0.2, 0.25) is 0 Å². The average molecular weight is 274 g/mol. The number of nitrogens with one attached hydrogen (secondary N) is 1. The van der Waals surface area contributed by atoms with Gasteiger partial charge in [0.1, 0.15) is 11.6 Å².